The van der Waals surface area contributed by atoms with Crippen molar-refractivity contribution in [1.29, 1.82) is 0 Å². The van der Waals surface area contributed by atoms with Crippen molar-refractivity contribution < 1.29 is 0 Å². The van der Waals surface area contributed by atoms with Gasteiger partial charge < -0.3 is 15.6 Å². The Morgan fingerprint density at radius 2 is 2.21 bits per heavy atom. The van der Waals surface area contributed by atoms with Crippen molar-refractivity contribution in [2.45, 2.75) is 39.3 Å². The third-order valence-electron chi connectivity index (χ3n) is 3.51. The minimum absolute atomic E-state index is 0.301. The second-order valence-corrected chi connectivity index (χ2v) is 5.34. The fourth-order valence-electron chi connectivity index (χ4n) is 2.26. The maximum Gasteiger partial charge on any atom is 0.106 e. The highest BCUT2D eigenvalue weighted by Crippen LogP contribution is 2.16. The first-order chi connectivity index (χ1) is 9.08. The van der Waals surface area contributed by atoms with Gasteiger partial charge in [0.2, 0.25) is 0 Å². The summed E-state index contributed by atoms with van der Waals surface area (Å²) in [6, 6.07) is 6.78. The lowest BCUT2D eigenvalue weighted by atomic mass is 10.2. The number of hydrogen-bond donors (Lipinski definition) is 2. The van der Waals surface area contributed by atoms with Crippen LogP contribution >= 0.6 is 0 Å². The quantitative estimate of drug-likeness (QED) is 0.782. The number of nitrogens with two attached hydrogens (primary N) is 1. The molecule has 0 amide bonds. The smallest absolute Gasteiger partial charge is 0.106 e. The van der Waals surface area contributed by atoms with Gasteiger partial charge in [0.1, 0.15) is 5.82 Å². The van der Waals surface area contributed by atoms with E-state index in [-0.39, 0.29) is 0 Å². The maximum absolute atomic E-state index is 5.73. The van der Waals surface area contributed by atoms with Crippen LogP contribution in [0.2, 0.25) is 0 Å². The molecule has 0 aliphatic carbocycles. The number of aryl methyl sites for hydroxylation is 2. The molecule has 2 aromatic rings. The lowest BCUT2D eigenvalue weighted by Crippen LogP contribution is -2.19. The Morgan fingerprint density at radius 1 is 1.42 bits per heavy atom. The second-order valence-electron chi connectivity index (χ2n) is 5.34. The first kappa shape index (κ1) is 14.0. The third kappa shape index (κ3) is 3.55. The molecule has 2 rings (SSSR count). The topological polar surface area (TPSA) is 55.9 Å². The van der Waals surface area contributed by atoms with E-state index in [4.69, 9.17) is 5.73 Å². The summed E-state index contributed by atoms with van der Waals surface area (Å²) in [5.74, 6) is 1.05. The van der Waals surface area contributed by atoms with Gasteiger partial charge in [-0.25, -0.2) is 4.98 Å². The van der Waals surface area contributed by atoms with Crippen LogP contribution in [0.3, 0.4) is 0 Å². The molecule has 1 unspecified atom stereocenters. The molecule has 0 aliphatic heterocycles. The number of fused-ring (bicyclic) bond motifs is 1. The first-order valence-corrected chi connectivity index (χ1v) is 6.96. The van der Waals surface area contributed by atoms with Gasteiger partial charge in [-0.1, -0.05) is 6.07 Å². The van der Waals surface area contributed by atoms with Crippen molar-refractivity contribution in [2.24, 2.45) is 12.8 Å². The Kier molecular flexibility index (Phi) is 4.56. The third-order valence-corrected chi connectivity index (χ3v) is 3.51. The number of aromatic nitrogens is 2. The number of rotatable bonds is 6. The number of imidazole rings is 1. The molecule has 4 heteroatoms. The summed E-state index contributed by atoms with van der Waals surface area (Å²) in [6.45, 7) is 5.99. The standard InChI is InChI=1S/C15H24N4/c1-11(16)5-4-8-17-10-13-6-7-15-14(9-13)18-12(2)19(15)3/h6-7,9,11,17H,4-5,8,10,16H2,1-3H3. The summed E-state index contributed by atoms with van der Waals surface area (Å²) in [6.07, 6.45) is 2.20. The van der Waals surface area contributed by atoms with Crippen LogP contribution in [0.5, 0.6) is 0 Å². The van der Waals surface area contributed by atoms with E-state index in [0.717, 1.165) is 37.3 Å². The van der Waals surface area contributed by atoms with Crippen LogP contribution in [0.15, 0.2) is 18.2 Å². The Bertz CT molecular complexity index is 542. The molecule has 0 radical (unpaired) electrons. The van der Waals surface area contributed by atoms with Crippen LogP contribution in [0.25, 0.3) is 11.0 Å². The molecule has 1 heterocycles. The minimum Gasteiger partial charge on any atom is -0.331 e. The van der Waals surface area contributed by atoms with Gasteiger partial charge in [0, 0.05) is 19.6 Å². The molecular formula is C15H24N4. The summed E-state index contributed by atoms with van der Waals surface area (Å²) in [7, 11) is 2.05. The van der Waals surface area contributed by atoms with E-state index >= 15 is 0 Å². The minimum atomic E-state index is 0.301. The predicted octanol–water partition coefficient (Wildman–Crippen LogP) is 2.10. The highest BCUT2D eigenvalue weighted by molar-refractivity contribution is 5.76. The van der Waals surface area contributed by atoms with Gasteiger partial charge in [-0.3, -0.25) is 0 Å². The molecule has 1 aromatic heterocycles. The highest BCUT2D eigenvalue weighted by Gasteiger charge is 2.04. The zero-order chi connectivity index (χ0) is 13.8. The van der Waals surface area contributed by atoms with Gasteiger partial charge in [0.05, 0.1) is 11.0 Å². The first-order valence-electron chi connectivity index (χ1n) is 6.96. The van der Waals surface area contributed by atoms with Crippen molar-refractivity contribution >= 4 is 11.0 Å². The van der Waals surface area contributed by atoms with Crippen LogP contribution in [-0.4, -0.2) is 22.1 Å². The van der Waals surface area contributed by atoms with Crippen LogP contribution in [0, 0.1) is 6.92 Å². The average molecular weight is 260 g/mol. The molecule has 3 N–H and O–H groups in total. The van der Waals surface area contributed by atoms with Crippen LogP contribution in [-0.2, 0) is 13.6 Å². The normalized spacial score (nSPS) is 13.1. The van der Waals surface area contributed by atoms with E-state index < -0.39 is 0 Å². The Labute approximate surface area is 115 Å². The van der Waals surface area contributed by atoms with Crippen LogP contribution < -0.4 is 11.1 Å². The molecule has 0 aliphatic rings. The fraction of sp³-hybridized carbons (Fsp3) is 0.533. The van der Waals surface area contributed by atoms with Crippen molar-refractivity contribution in [3.05, 3.63) is 29.6 Å². The van der Waals surface area contributed by atoms with E-state index in [9.17, 15) is 0 Å². The summed E-state index contributed by atoms with van der Waals surface area (Å²) < 4.78 is 2.12. The lowest BCUT2D eigenvalue weighted by Gasteiger charge is -2.07. The van der Waals surface area contributed by atoms with E-state index in [1.807, 2.05) is 6.92 Å². The average Bonchev–Trinajstić information content (AvgIpc) is 2.64. The molecule has 104 valence electrons. The van der Waals surface area contributed by atoms with E-state index in [2.05, 4.69) is 47.0 Å². The largest absolute Gasteiger partial charge is 0.331 e. The summed E-state index contributed by atoms with van der Waals surface area (Å²) >= 11 is 0. The zero-order valence-corrected chi connectivity index (χ0v) is 12.1. The van der Waals surface area contributed by atoms with Crippen molar-refractivity contribution in [1.82, 2.24) is 14.9 Å². The summed E-state index contributed by atoms with van der Waals surface area (Å²) in [5, 5.41) is 3.45. The second kappa shape index (κ2) is 6.17. The molecule has 0 bridgehead atoms. The Balaban J connectivity index is 1.91. The van der Waals surface area contributed by atoms with E-state index in [1.165, 1.54) is 11.1 Å². The summed E-state index contributed by atoms with van der Waals surface area (Å²) in [5.41, 5.74) is 9.28. The molecule has 0 fully saturated rings. The van der Waals surface area contributed by atoms with Gasteiger partial charge in [-0.15, -0.1) is 0 Å². The maximum atomic E-state index is 5.73. The highest BCUT2D eigenvalue weighted by atomic mass is 15.0. The number of benzene rings is 1. The van der Waals surface area contributed by atoms with Crippen LogP contribution in [0.4, 0.5) is 0 Å². The SMILES string of the molecule is Cc1nc2cc(CNCCCC(C)N)ccc2n1C. The molecule has 0 saturated carbocycles. The van der Waals surface area contributed by atoms with Crippen molar-refractivity contribution in [3.63, 3.8) is 0 Å². The van der Waals surface area contributed by atoms with E-state index in [1.54, 1.807) is 0 Å². The van der Waals surface area contributed by atoms with Crippen molar-refractivity contribution in [2.75, 3.05) is 6.54 Å². The number of nitrogens with one attached hydrogen (secondary N) is 1. The Morgan fingerprint density at radius 3 is 2.95 bits per heavy atom. The molecule has 0 saturated heterocycles. The molecule has 0 spiro atoms. The monoisotopic (exact) mass is 260 g/mol. The van der Waals surface area contributed by atoms with Gasteiger partial charge in [-0.2, -0.15) is 0 Å². The molecular weight excluding hydrogens is 236 g/mol. The Hall–Kier alpha value is -1.39. The molecule has 1 aromatic carbocycles. The van der Waals surface area contributed by atoms with Gasteiger partial charge in [0.15, 0.2) is 0 Å². The number of hydrogen-bond acceptors (Lipinski definition) is 3. The van der Waals surface area contributed by atoms with E-state index in [0.29, 0.717) is 6.04 Å². The molecule has 19 heavy (non-hydrogen) atoms. The van der Waals surface area contributed by atoms with Crippen LogP contribution in [0.1, 0.15) is 31.2 Å². The van der Waals surface area contributed by atoms with Gasteiger partial charge in [-0.05, 0) is 50.9 Å². The number of nitrogens with zero attached hydrogens (tertiary/aromatic N) is 2. The summed E-state index contributed by atoms with van der Waals surface area (Å²) in [4.78, 5) is 4.56. The lowest BCUT2D eigenvalue weighted by molar-refractivity contribution is 0.574. The molecule has 4 nitrogen and oxygen atoms in total. The van der Waals surface area contributed by atoms with Gasteiger partial charge in [0.25, 0.3) is 0 Å². The fourth-order valence-corrected chi connectivity index (χ4v) is 2.26. The zero-order valence-electron chi connectivity index (χ0n) is 12.1. The van der Waals surface area contributed by atoms with Crippen molar-refractivity contribution in [3.8, 4) is 0 Å². The van der Waals surface area contributed by atoms with Gasteiger partial charge >= 0.3 is 0 Å². The predicted molar refractivity (Wildman–Crippen MR) is 80.0 cm³/mol. The molecule has 1 atom stereocenters.